The van der Waals surface area contributed by atoms with Gasteiger partial charge in [-0.1, -0.05) is 40.8 Å². The monoisotopic (exact) mass is 329 g/mol. The fourth-order valence-corrected chi connectivity index (χ4v) is 2.20. The van der Waals surface area contributed by atoms with E-state index in [-0.39, 0.29) is 0 Å². The summed E-state index contributed by atoms with van der Waals surface area (Å²) in [6, 6.07) is 8.37. The van der Waals surface area contributed by atoms with Crippen molar-refractivity contribution < 1.29 is 0 Å². The number of aryl methyl sites for hydroxylation is 1. The standard InChI is InChI=1S/C12H16IN3/c1-16-12-6-3-2-5-10(12)11(15-16)9-14-8-4-7-13/h2-3,5-6,14H,4,7-9H2,1H3. The molecule has 0 aliphatic rings. The van der Waals surface area contributed by atoms with Crippen LogP contribution >= 0.6 is 22.6 Å². The summed E-state index contributed by atoms with van der Waals surface area (Å²) in [4.78, 5) is 0. The van der Waals surface area contributed by atoms with E-state index >= 15 is 0 Å². The van der Waals surface area contributed by atoms with Gasteiger partial charge in [0.1, 0.15) is 0 Å². The molecule has 2 aromatic rings. The van der Waals surface area contributed by atoms with Crippen molar-refractivity contribution >= 4 is 33.5 Å². The van der Waals surface area contributed by atoms with Crippen LogP contribution in [0.4, 0.5) is 0 Å². The molecule has 2 rings (SSSR count). The van der Waals surface area contributed by atoms with Crippen molar-refractivity contribution in [1.82, 2.24) is 15.1 Å². The number of nitrogens with zero attached hydrogens (tertiary/aromatic N) is 2. The Morgan fingerprint density at radius 3 is 3.00 bits per heavy atom. The first-order valence-corrected chi connectivity index (χ1v) is 7.03. The van der Waals surface area contributed by atoms with E-state index in [1.54, 1.807) is 0 Å². The summed E-state index contributed by atoms with van der Waals surface area (Å²) in [5.74, 6) is 0. The molecule has 0 saturated carbocycles. The summed E-state index contributed by atoms with van der Waals surface area (Å²) in [6.07, 6.45) is 1.21. The average molecular weight is 329 g/mol. The quantitative estimate of drug-likeness (QED) is 0.519. The fourth-order valence-electron chi connectivity index (χ4n) is 1.82. The minimum absolute atomic E-state index is 0.859. The Labute approximate surface area is 109 Å². The van der Waals surface area contributed by atoms with Gasteiger partial charge in [0, 0.05) is 23.4 Å². The fraction of sp³-hybridized carbons (Fsp3) is 0.417. The molecule has 1 N–H and O–H groups in total. The second-order valence-corrected chi connectivity index (χ2v) is 4.89. The molecule has 1 aromatic heterocycles. The highest BCUT2D eigenvalue weighted by Gasteiger charge is 2.06. The third-order valence-corrected chi connectivity index (χ3v) is 3.38. The number of nitrogens with one attached hydrogen (secondary N) is 1. The van der Waals surface area contributed by atoms with Gasteiger partial charge in [-0.15, -0.1) is 0 Å². The summed E-state index contributed by atoms with van der Waals surface area (Å²) >= 11 is 2.40. The zero-order valence-corrected chi connectivity index (χ0v) is 11.6. The average Bonchev–Trinajstić information content (AvgIpc) is 2.63. The molecule has 0 aliphatic heterocycles. The Morgan fingerprint density at radius 2 is 2.19 bits per heavy atom. The van der Waals surface area contributed by atoms with Gasteiger partial charge in [-0.25, -0.2) is 0 Å². The maximum atomic E-state index is 4.54. The van der Waals surface area contributed by atoms with Gasteiger partial charge in [-0.2, -0.15) is 5.10 Å². The van der Waals surface area contributed by atoms with Crippen LogP contribution in [0.5, 0.6) is 0 Å². The van der Waals surface area contributed by atoms with E-state index in [0.29, 0.717) is 0 Å². The zero-order valence-electron chi connectivity index (χ0n) is 9.41. The van der Waals surface area contributed by atoms with Gasteiger partial charge in [-0.05, 0) is 19.0 Å². The van der Waals surface area contributed by atoms with E-state index in [0.717, 1.165) is 18.8 Å². The van der Waals surface area contributed by atoms with E-state index in [2.05, 4.69) is 57.3 Å². The minimum Gasteiger partial charge on any atom is -0.311 e. The lowest BCUT2D eigenvalue weighted by molar-refractivity contribution is 0.655. The summed E-state index contributed by atoms with van der Waals surface area (Å²) in [5.41, 5.74) is 2.35. The van der Waals surface area contributed by atoms with Crippen molar-refractivity contribution in [2.24, 2.45) is 7.05 Å². The van der Waals surface area contributed by atoms with Crippen molar-refractivity contribution in [2.45, 2.75) is 13.0 Å². The third-order valence-electron chi connectivity index (χ3n) is 2.61. The van der Waals surface area contributed by atoms with Crippen LogP contribution in [0, 0.1) is 0 Å². The second kappa shape index (κ2) is 5.63. The zero-order chi connectivity index (χ0) is 11.4. The van der Waals surface area contributed by atoms with Gasteiger partial charge in [-0.3, -0.25) is 4.68 Å². The summed E-state index contributed by atoms with van der Waals surface area (Å²) in [7, 11) is 2.00. The van der Waals surface area contributed by atoms with Gasteiger partial charge in [0.25, 0.3) is 0 Å². The highest BCUT2D eigenvalue weighted by molar-refractivity contribution is 14.1. The molecule has 0 atom stereocenters. The molecule has 16 heavy (non-hydrogen) atoms. The Bertz CT molecular complexity index is 464. The van der Waals surface area contributed by atoms with Crippen LogP contribution in [-0.2, 0) is 13.6 Å². The Morgan fingerprint density at radius 1 is 1.38 bits per heavy atom. The van der Waals surface area contributed by atoms with Gasteiger partial charge in [0.05, 0.1) is 11.2 Å². The predicted molar refractivity (Wildman–Crippen MR) is 75.9 cm³/mol. The second-order valence-electron chi connectivity index (χ2n) is 3.81. The first-order valence-electron chi connectivity index (χ1n) is 5.50. The molecule has 0 unspecified atom stereocenters. The molecule has 0 amide bonds. The molecule has 0 spiro atoms. The lowest BCUT2D eigenvalue weighted by atomic mass is 10.2. The van der Waals surface area contributed by atoms with Crippen LogP contribution in [0.15, 0.2) is 24.3 Å². The molecule has 0 bridgehead atoms. The summed E-state index contributed by atoms with van der Waals surface area (Å²) in [5, 5.41) is 9.22. The van der Waals surface area contributed by atoms with E-state index in [1.807, 2.05) is 11.7 Å². The molecule has 0 radical (unpaired) electrons. The number of halogens is 1. The maximum absolute atomic E-state index is 4.54. The van der Waals surface area contributed by atoms with Crippen molar-refractivity contribution in [1.29, 1.82) is 0 Å². The van der Waals surface area contributed by atoms with Crippen LogP contribution in [0.3, 0.4) is 0 Å². The highest BCUT2D eigenvalue weighted by atomic mass is 127. The molecule has 1 aromatic carbocycles. The highest BCUT2D eigenvalue weighted by Crippen LogP contribution is 2.16. The smallest absolute Gasteiger partial charge is 0.0841 e. The van der Waals surface area contributed by atoms with Crippen molar-refractivity contribution in [3.8, 4) is 0 Å². The molecule has 1 heterocycles. The van der Waals surface area contributed by atoms with Gasteiger partial charge < -0.3 is 5.32 Å². The SMILES string of the molecule is Cn1nc(CNCCCI)c2ccccc21. The summed E-state index contributed by atoms with van der Waals surface area (Å²) < 4.78 is 3.15. The van der Waals surface area contributed by atoms with Crippen molar-refractivity contribution in [3.05, 3.63) is 30.0 Å². The number of fused-ring (bicyclic) bond motifs is 1. The van der Waals surface area contributed by atoms with Gasteiger partial charge in [0.2, 0.25) is 0 Å². The molecule has 0 aliphatic carbocycles. The number of para-hydroxylation sites is 1. The number of alkyl halides is 1. The van der Waals surface area contributed by atoms with Crippen LogP contribution in [0.1, 0.15) is 12.1 Å². The van der Waals surface area contributed by atoms with Crippen LogP contribution < -0.4 is 5.32 Å². The van der Waals surface area contributed by atoms with Gasteiger partial charge >= 0.3 is 0 Å². The molecular weight excluding hydrogens is 313 g/mol. The van der Waals surface area contributed by atoms with E-state index in [9.17, 15) is 0 Å². The van der Waals surface area contributed by atoms with Crippen LogP contribution in [0.25, 0.3) is 10.9 Å². The lowest BCUT2D eigenvalue weighted by Gasteiger charge is -2.00. The van der Waals surface area contributed by atoms with Crippen molar-refractivity contribution in [3.63, 3.8) is 0 Å². The molecular formula is C12H16IN3. The maximum Gasteiger partial charge on any atom is 0.0841 e. The normalized spacial score (nSPS) is 11.1. The van der Waals surface area contributed by atoms with Crippen molar-refractivity contribution in [2.75, 3.05) is 11.0 Å². The largest absolute Gasteiger partial charge is 0.311 e. The Balaban J connectivity index is 2.12. The number of aromatic nitrogens is 2. The van der Waals surface area contributed by atoms with E-state index in [1.165, 1.54) is 21.8 Å². The van der Waals surface area contributed by atoms with Gasteiger partial charge in [0.15, 0.2) is 0 Å². The lowest BCUT2D eigenvalue weighted by Crippen LogP contribution is -2.15. The Hall–Kier alpha value is -0.620. The molecule has 86 valence electrons. The number of hydrogen-bond donors (Lipinski definition) is 1. The predicted octanol–water partition coefficient (Wildman–Crippen LogP) is 2.49. The number of benzene rings is 1. The molecule has 0 saturated heterocycles. The first kappa shape index (κ1) is 11.9. The topological polar surface area (TPSA) is 29.9 Å². The molecule has 3 nitrogen and oxygen atoms in total. The molecule has 4 heteroatoms. The number of rotatable bonds is 5. The Kier molecular flexibility index (Phi) is 4.17. The summed E-state index contributed by atoms with van der Waals surface area (Å²) in [6.45, 7) is 1.92. The van der Waals surface area contributed by atoms with Crippen LogP contribution in [0.2, 0.25) is 0 Å². The van der Waals surface area contributed by atoms with E-state index in [4.69, 9.17) is 0 Å². The number of hydrogen-bond acceptors (Lipinski definition) is 2. The molecule has 0 fully saturated rings. The minimum atomic E-state index is 0.859. The van der Waals surface area contributed by atoms with E-state index < -0.39 is 0 Å². The van der Waals surface area contributed by atoms with Crippen LogP contribution in [-0.4, -0.2) is 20.8 Å². The third kappa shape index (κ3) is 2.55. The first-order chi connectivity index (χ1) is 7.83.